The fourth-order valence-corrected chi connectivity index (χ4v) is 3.35. The Morgan fingerprint density at radius 2 is 1.55 bits per heavy atom. The number of nitrogens with one attached hydrogen (secondary N) is 2. The van der Waals surface area contributed by atoms with Crippen molar-refractivity contribution in [3.63, 3.8) is 0 Å². The standard InChI is InChI=1S/C21H28N4O.C4H8O/c1-3-17-4-10-20(11-5-17)25-14-12-24(13-15-25)16-21(26)23-19-8-6-18(22-2)7-9-19;1-2-3-4-5/h4-11,22H,3,12-16H2,1-2H3,(H,23,26);4H,2-3H2,1H3. The molecule has 1 heterocycles. The number of hydrogen-bond donors (Lipinski definition) is 2. The van der Waals surface area contributed by atoms with Crippen molar-refractivity contribution in [2.45, 2.75) is 33.1 Å². The number of aldehydes is 1. The van der Waals surface area contributed by atoms with Gasteiger partial charge in [0, 0.05) is 56.7 Å². The maximum atomic E-state index is 12.3. The second-order valence-corrected chi connectivity index (χ2v) is 7.61. The van der Waals surface area contributed by atoms with E-state index in [1.807, 2.05) is 38.2 Å². The number of amides is 1. The van der Waals surface area contributed by atoms with Crippen LogP contribution in [0.15, 0.2) is 48.5 Å². The van der Waals surface area contributed by atoms with E-state index < -0.39 is 0 Å². The predicted molar refractivity (Wildman–Crippen MR) is 130 cm³/mol. The van der Waals surface area contributed by atoms with Crippen LogP contribution in [0.2, 0.25) is 0 Å². The zero-order valence-electron chi connectivity index (χ0n) is 19.1. The highest BCUT2D eigenvalue weighted by Crippen LogP contribution is 2.18. The van der Waals surface area contributed by atoms with Gasteiger partial charge in [0.2, 0.25) is 5.91 Å². The fraction of sp³-hybridized carbons (Fsp3) is 0.440. The average Bonchev–Trinajstić information content (AvgIpc) is 2.81. The molecule has 0 saturated carbocycles. The SMILES string of the molecule is CCCC=O.CCc1ccc(N2CCN(CC(=O)Nc3ccc(NC)cc3)CC2)cc1. The van der Waals surface area contributed by atoms with Gasteiger partial charge in [0.1, 0.15) is 6.29 Å². The molecule has 6 heteroatoms. The summed E-state index contributed by atoms with van der Waals surface area (Å²) in [4.78, 5) is 26.3. The van der Waals surface area contributed by atoms with Gasteiger partial charge in [0.05, 0.1) is 6.54 Å². The van der Waals surface area contributed by atoms with Crippen LogP contribution in [0.5, 0.6) is 0 Å². The Balaban J connectivity index is 0.000000614. The van der Waals surface area contributed by atoms with Gasteiger partial charge in [-0.3, -0.25) is 9.69 Å². The lowest BCUT2D eigenvalue weighted by molar-refractivity contribution is -0.117. The average molecular weight is 425 g/mol. The van der Waals surface area contributed by atoms with Crippen LogP contribution in [0, 0.1) is 0 Å². The van der Waals surface area contributed by atoms with Gasteiger partial charge < -0.3 is 20.3 Å². The number of nitrogens with zero attached hydrogens (tertiary/aromatic N) is 2. The van der Waals surface area contributed by atoms with E-state index in [4.69, 9.17) is 0 Å². The first-order valence-electron chi connectivity index (χ1n) is 11.2. The number of carbonyl (C=O) groups excluding carboxylic acids is 2. The van der Waals surface area contributed by atoms with Crippen molar-refractivity contribution in [2.75, 3.05) is 55.3 Å². The largest absolute Gasteiger partial charge is 0.388 e. The zero-order chi connectivity index (χ0) is 22.5. The molecule has 1 fully saturated rings. The minimum absolute atomic E-state index is 0.0444. The van der Waals surface area contributed by atoms with Gasteiger partial charge in [-0.15, -0.1) is 0 Å². The summed E-state index contributed by atoms with van der Waals surface area (Å²) in [6.07, 6.45) is 3.68. The maximum absolute atomic E-state index is 12.3. The molecule has 31 heavy (non-hydrogen) atoms. The summed E-state index contributed by atoms with van der Waals surface area (Å²) in [6.45, 7) is 8.31. The van der Waals surface area contributed by atoms with E-state index in [-0.39, 0.29) is 5.91 Å². The molecule has 1 aliphatic rings. The number of benzene rings is 2. The summed E-state index contributed by atoms with van der Waals surface area (Å²) in [6, 6.07) is 16.6. The van der Waals surface area contributed by atoms with E-state index >= 15 is 0 Å². The predicted octanol–water partition coefficient (Wildman–Crippen LogP) is 4.04. The van der Waals surface area contributed by atoms with Crippen molar-refractivity contribution >= 4 is 29.3 Å². The molecule has 2 aromatic rings. The molecule has 2 aromatic carbocycles. The summed E-state index contributed by atoms with van der Waals surface area (Å²) >= 11 is 0. The number of anilines is 3. The van der Waals surface area contributed by atoms with Gasteiger partial charge in [0.15, 0.2) is 0 Å². The summed E-state index contributed by atoms with van der Waals surface area (Å²) < 4.78 is 0. The van der Waals surface area contributed by atoms with Crippen molar-refractivity contribution in [1.82, 2.24) is 4.90 Å². The molecule has 1 saturated heterocycles. The number of aryl methyl sites for hydroxylation is 1. The summed E-state index contributed by atoms with van der Waals surface area (Å²) in [5, 5.41) is 6.05. The first kappa shape index (κ1) is 24.4. The minimum Gasteiger partial charge on any atom is -0.388 e. The third-order valence-electron chi connectivity index (χ3n) is 5.31. The molecule has 0 atom stereocenters. The van der Waals surface area contributed by atoms with Gasteiger partial charge in [-0.2, -0.15) is 0 Å². The molecule has 1 aliphatic heterocycles. The van der Waals surface area contributed by atoms with Crippen molar-refractivity contribution in [3.05, 3.63) is 54.1 Å². The first-order valence-corrected chi connectivity index (χ1v) is 11.2. The van der Waals surface area contributed by atoms with E-state index in [1.54, 1.807) is 0 Å². The van der Waals surface area contributed by atoms with Crippen molar-refractivity contribution < 1.29 is 9.59 Å². The lowest BCUT2D eigenvalue weighted by atomic mass is 10.1. The second kappa shape index (κ2) is 13.4. The molecule has 0 unspecified atom stereocenters. The first-order chi connectivity index (χ1) is 15.1. The molecular weight excluding hydrogens is 388 g/mol. The molecular formula is C25H36N4O2. The molecule has 1 amide bonds. The Morgan fingerprint density at radius 1 is 0.935 bits per heavy atom. The highest BCUT2D eigenvalue weighted by Gasteiger charge is 2.19. The van der Waals surface area contributed by atoms with E-state index in [1.165, 1.54) is 11.3 Å². The Kier molecular flexibility index (Phi) is 10.6. The van der Waals surface area contributed by atoms with Crippen LogP contribution < -0.4 is 15.5 Å². The Hall–Kier alpha value is -2.86. The molecule has 0 aliphatic carbocycles. The van der Waals surface area contributed by atoms with E-state index in [0.29, 0.717) is 13.0 Å². The van der Waals surface area contributed by atoms with Gasteiger partial charge in [0.25, 0.3) is 0 Å². The van der Waals surface area contributed by atoms with Crippen LogP contribution in [0.25, 0.3) is 0 Å². The molecule has 2 N–H and O–H groups in total. The quantitative estimate of drug-likeness (QED) is 0.626. The monoisotopic (exact) mass is 424 g/mol. The highest BCUT2D eigenvalue weighted by atomic mass is 16.2. The highest BCUT2D eigenvalue weighted by molar-refractivity contribution is 5.92. The fourth-order valence-electron chi connectivity index (χ4n) is 3.35. The van der Waals surface area contributed by atoms with Crippen molar-refractivity contribution in [2.24, 2.45) is 0 Å². The molecule has 0 spiro atoms. The van der Waals surface area contributed by atoms with Crippen molar-refractivity contribution in [1.29, 1.82) is 0 Å². The van der Waals surface area contributed by atoms with Crippen LogP contribution >= 0.6 is 0 Å². The van der Waals surface area contributed by atoms with Crippen LogP contribution in [0.1, 0.15) is 32.3 Å². The molecule has 168 valence electrons. The number of rotatable bonds is 8. The Morgan fingerprint density at radius 3 is 2.03 bits per heavy atom. The molecule has 0 radical (unpaired) electrons. The third-order valence-corrected chi connectivity index (χ3v) is 5.31. The topological polar surface area (TPSA) is 64.7 Å². The van der Waals surface area contributed by atoms with Crippen molar-refractivity contribution in [3.8, 4) is 0 Å². The number of piperazine rings is 1. The minimum atomic E-state index is 0.0444. The Labute approximate surface area is 186 Å². The van der Waals surface area contributed by atoms with E-state index in [2.05, 4.69) is 51.6 Å². The third kappa shape index (κ3) is 8.42. The molecule has 0 aromatic heterocycles. The normalized spacial score (nSPS) is 13.7. The smallest absolute Gasteiger partial charge is 0.238 e. The Bertz CT molecular complexity index is 782. The second-order valence-electron chi connectivity index (χ2n) is 7.61. The zero-order valence-corrected chi connectivity index (χ0v) is 19.1. The summed E-state index contributed by atoms with van der Waals surface area (Å²) in [5.74, 6) is 0.0444. The van der Waals surface area contributed by atoms with E-state index in [9.17, 15) is 9.59 Å². The van der Waals surface area contributed by atoms with Crippen LogP contribution in [-0.4, -0.2) is 56.9 Å². The number of hydrogen-bond acceptors (Lipinski definition) is 5. The molecule has 3 rings (SSSR count). The van der Waals surface area contributed by atoms with Gasteiger partial charge in [-0.25, -0.2) is 0 Å². The molecule has 6 nitrogen and oxygen atoms in total. The van der Waals surface area contributed by atoms with Gasteiger partial charge in [-0.05, 0) is 54.8 Å². The molecule has 0 bridgehead atoms. The summed E-state index contributed by atoms with van der Waals surface area (Å²) in [5.41, 5.74) is 4.51. The number of carbonyl (C=O) groups is 2. The maximum Gasteiger partial charge on any atom is 0.238 e. The lowest BCUT2D eigenvalue weighted by Gasteiger charge is -2.35. The number of unbranched alkanes of at least 4 members (excludes halogenated alkanes) is 1. The lowest BCUT2D eigenvalue weighted by Crippen LogP contribution is -2.48. The van der Waals surface area contributed by atoms with Crippen LogP contribution in [-0.2, 0) is 16.0 Å². The van der Waals surface area contributed by atoms with Crippen LogP contribution in [0.4, 0.5) is 17.1 Å². The van der Waals surface area contributed by atoms with Gasteiger partial charge in [-0.1, -0.05) is 26.0 Å². The van der Waals surface area contributed by atoms with Gasteiger partial charge >= 0.3 is 0 Å². The van der Waals surface area contributed by atoms with Crippen LogP contribution in [0.3, 0.4) is 0 Å². The summed E-state index contributed by atoms with van der Waals surface area (Å²) in [7, 11) is 1.88. The van der Waals surface area contributed by atoms with E-state index in [0.717, 1.165) is 56.7 Å².